The lowest BCUT2D eigenvalue weighted by atomic mass is 10.1. The number of carbonyl (C=O) groups excluding carboxylic acids is 1. The van der Waals surface area contributed by atoms with Crippen LogP contribution in [-0.2, 0) is 4.74 Å². The van der Waals surface area contributed by atoms with Crippen LogP contribution in [0, 0.1) is 21.4 Å². The molecule has 2 aromatic rings. The van der Waals surface area contributed by atoms with Gasteiger partial charge in [0, 0.05) is 12.1 Å². The summed E-state index contributed by atoms with van der Waals surface area (Å²) in [4.78, 5) is 22.1. The molecule has 0 aliphatic carbocycles. The number of methoxy groups -OCH3 is 1. The van der Waals surface area contributed by atoms with Gasteiger partial charge in [-0.2, -0.15) is 5.26 Å². The van der Waals surface area contributed by atoms with Gasteiger partial charge in [-0.3, -0.25) is 10.1 Å². The van der Waals surface area contributed by atoms with E-state index in [1.165, 1.54) is 6.07 Å². The van der Waals surface area contributed by atoms with Crippen LogP contribution < -0.4 is 4.74 Å². The van der Waals surface area contributed by atoms with E-state index in [9.17, 15) is 14.9 Å². The van der Waals surface area contributed by atoms with Gasteiger partial charge < -0.3 is 9.47 Å². The molecule has 0 atom stereocenters. The first-order valence-corrected chi connectivity index (χ1v) is 7.00. The highest BCUT2D eigenvalue weighted by molar-refractivity contribution is 9.10. The van der Waals surface area contributed by atoms with Crippen molar-refractivity contribution in [3.8, 4) is 17.6 Å². The second-order valence-corrected chi connectivity index (χ2v) is 5.11. The smallest absolute Gasteiger partial charge is 0.345 e. The van der Waals surface area contributed by atoms with E-state index in [0.717, 1.165) is 13.2 Å². The number of hydrogen-bond acceptors (Lipinski definition) is 6. The van der Waals surface area contributed by atoms with E-state index in [-0.39, 0.29) is 27.1 Å². The van der Waals surface area contributed by atoms with Crippen molar-refractivity contribution in [2.45, 2.75) is 0 Å². The molecule has 0 unspecified atom stereocenters. The van der Waals surface area contributed by atoms with Crippen molar-refractivity contribution in [3.05, 3.63) is 62.1 Å². The van der Waals surface area contributed by atoms with Gasteiger partial charge in [-0.25, -0.2) is 4.79 Å². The second kappa shape index (κ2) is 6.89. The summed E-state index contributed by atoms with van der Waals surface area (Å²) in [5, 5.41) is 20.1. The fraction of sp³-hybridized carbons (Fsp3) is 0.0667. The molecule has 0 heterocycles. The minimum Gasteiger partial charge on any atom is -0.465 e. The molecule has 0 bridgehead atoms. The monoisotopic (exact) mass is 376 g/mol. The van der Waals surface area contributed by atoms with Crippen molar-refractivity contribution in [1.29, 1.82) is 5.26 Å². The third kappa shape index (κ3) is 3.46. The van der Waals surface area contributed by atoms with E-state index < -0.39 is 16.6 Å². The number of nitrogens with zero attached hydrogens (tertiary/aromatic N) is 2. The average Bonchev–Trinajstić information content (AvgIpc) is 2.55. The van der Waals surface area contributed by atoms with Crippen molar-refractivity contribution >= 4 is 27.6 Å². The molecule has 0 amide bonds. The zero-order valence-corrected chi connectivity index (χ0v) is 13.4. The van der Waals surface area contributed by atoms with Crippen molar-refractivity contribution in [1.82, 2.24) is 0 Å². The minimum absolute atomic E-state index is 0.152. The predicted molar refractivity (Wildman–Crippen MR) is 83.4 cm³/mol. The Morgan fingerprint density at radius 1 is 1.30 bits per heavy atom. The van der Waals surface area contributed by atoms with Gasteiger partial charge in [0.15, 0.2) is 0 Å². The molecular weight excluding hydrogens is 368 g/mol. The maximum Gasteiger partial charge on any atom is 0.345 e. The third-order valence-electron chi connectivity index (χ3n) is 2.88. The van der Waals surface area contributed by atoms with Crippen LogP contribution in [0.3, 0.4) is 0 Å². The van der Waals surface area contributed by atoms with Crippen LogP contribution in [0.15, 0.2) is 40.9 Å². The number of nitriles is 1. The Hall–Kier alpha value is -2.92. The Morgan fingerprint density at radius 2 is 2.00 bits per heavy atom. The molecule has 0 aliphatic heterocycles. The highest BCUT2D eigenvalue weighted by Crippen LogP contribution is 2.36. The lowest BCUT2D eigenvalue weighted by Gasteiger charge is -2.10. The maximum atomic E-state index is 11.7. The van der Waals surface area contributed by atoms with Crippen LogP contribution in [0.25, 0.3) is 0 Å². The summed E-state index contributed by atoms with van der Waals surface area (Å²) < 4.78 is 10.4. The Labute approximate surface area is 139 Å². The van der Waals surface area contributed by atoms with Crippen molar-refractivity contribution in [2.24, 2.45) is 0 Å². The predicted octanol–water partition coefficient (Wildman–Crippen LogP) is 3.81. The van der Waals surface area contributed by atoms with E-state index in [1.54, 1.807) is 24.3 Å². The minimum atomic E-state index is -0.859. The van der Waals surface area contributed by atoms with E-state index >= 15 is 0 Å². The third-order valence-corrected chi connectivity index (χ3v) is 3.50. The number of para-hydroxylation sites is 1. The molecule has 7 nitrogen and oxygen atoms in total. The molecule has 0 radical (unpaired) electrons. The first-order valence-electron chi connectivity index (χ1n) is 6.21. The summed E-state index contributed by atoms with van der Waals surface area (Å²) in [6.45, 7) is 0. The molecular formula is C15H9BrN2O5. The first-order chi connectivity index (χ1) is 11.0. The molecule has 0 saturated carbocycles. The molecule has 0 aliphatic rings. The van der Waals surface area contributed by atoms with Gasteiger partial charge in [-0.05, 0) is 28.1 Å². The number of nitro groups is 1. The standard InChI is InChI=1S/C15H9BrN2O5/c1-22-15(19)10-6-14(11(16)7-12(10)18(20)21)23-13-5-3-2-4-9(13)8-17/h2-7H,1H3. The summed E-state index contributed by atoms with van der Waals surface area (Å²) in [6, 6.07) is 10.8. The van der Waals surface area contributed by atoms with Gasteiger partial charge >= 0.3 is 5.97 Å². The molecule has 116 valence electrons. The van der Waals surface area contributed by atoms with Crippen molar-refractivity contribution in [2.75, 3.05) is 7.11 Å². The highest BCUT2D eigenvalue weighted by atomic mass is 79.9. The Kier molecular flexibility index (Phi) is 4.93. The van der Waals surface area contributed by atoms with Crippen molar-refractivity contribution < 1.29 is 19.2 Å². The summed E-state index contributed by atoms with van der Waals surface area (Å²) >= 11 is 3.16. The molecule has 0 fully saturated rings. The van der Waals surface area contributed by atoms with Gasteiger partial charge in [0.25, 0.3) is 5.69 Å². The second-order valence-electron chi connectivity index (χ2n) is 4.26. The van der Waals surface area contributed by atoms with Crippen LogP contribution in [0.1, 0.15) is 15.9 Å². The fourth-order valence-corrected chi connectivity index (χ4v) is 2.22. The van der Waals surface area contributed by atoms with Crippen LogP contribution >= 0.6 is 15.9 Å². The topological polar surface area (TPSA) is 102 Å². The normalized spacial score (nSPS) is 9.78. The molecule has 23 heavy (non-hydrogen) atoms. The SMILES string of the molecule is COC(=O)c1cc(Oc2ccccc2C#N)c(Br)cc1[N+](=O)[O-]. The summed E-state index contributed by atoms with van der Waals surface area (Å²) in [7, 11) is 1.12. The largest absolute Gasteiger partial charge is 0.465 e. The molecule has 2 rings (SSSR count). The summed E-state index contributed by atoms with van der Waals surface area (Å²) in [5.74, 6) is -0.443. The van der Waals surface area contributed by atoms with E-state index in [2.05, 4.69) is 20.7 Å². The first kappa shape index (κ1) is 16.5. The zero-order valence-electron chi connectivity index (χ0n) is 11.8. The number of benzene rings is 2. The van der Waals surface area contributed by atoms with Gasteiger partial charge in [0.2, 0.25) is 0 Å². The lowest BCUT2D eigenvalue weighted by molar-refractivity contribution is -0.385. The maximum absolute atomic E-state index is 11.7. The Balaban J connectivity index is 2.53. The number of nitro benzene ring substituents is 1. The van der Waals surface area contributed by atoms with E-state index in [1.807, 2.05) is 6.07 Å². The number of rotatable bonds is 4. The molecule has 2 aromatic carbocycles. The number of hydrogen-bond donors (Lipinski definition) is 0. The van der Waals surface area contributed by atoms with Gasteiger partial charge in [0.05, 0.1) is 22.1 Å². The number of esters is 1. The highest BCUT2D eigenvalue weighted by Gasteiger charge is 2.24. The van der Waals surface area contributed by atoms with Gasteiger partial charge in [0.1, 0.15) is 23.1 Å². The zero-order chi connectivity index (χ0) is 17.0. The lowest BCUT2D eigenvalue weighted by Crippen LogP contribution is -2.06. The number of ether oxygens (including phenoxy) is 2. The molecule has 0 spiro atoms. The van der Waals surface area contributed by atoms with Crippen LogP contribution in [0.2, 0.25) is 0 Å². The van der Waals surface area contributed by atoms with Crippen LogP contribution in [-0.4, -0.2) is 18.0 Å². The average molecular weight is 377 g/mol. The molecule has 0 aromatic heterocycles. The molecule has 0 saturated heterocycles. The van der Waals surface area contributed by atoms with Crippen LogP contribution in [0.5, 0.6) is 11.5 Å². The summed E-state index contributed by atoms with van der Waals surface area (Å²) in [5.41, 5.74) is -0.368. The number of halogens is 1. The van der Waals surface area contributed by atoms with E-state index in [0.29, 0.717) is 0 Å². The summed E-state index contributed by atoms with van der Waals surface area (Å²) in [6.07, 6.45) is 0. The fourth-order valence-electron chi connectivity index (χ4n) is 1.81. The van der Waals surface area contributed by atoms with Gasteiger partial charge in [-0.15, -0.1) is 0 Å². The number of carbonyl (C=O) groups is 1. The quantitative estimate of drug-likeness (QED) is 0.456. The molecule has 8 heteroatoms. The van der Waals surface area contributed by atoms with Gasteiger partial charge in [-0.1, -0.05) is 12.1 Å². The van der Waals surface area contributed by atoms with Crippen molar-refractivity contribution in [3.63, 3.8) is 0 Å². The molecule has 0 N–H and O–H groups in total. The Morgan fingerprint density at radius 3 is 2.61 bits per heavy atom. The van der Waals surface area contributed by atoms with E-state index in [4.69, 9.17) is 10.00 Å². The Bertz CT molecular complexity index is 829. The van der Waals surface area contributed by atoms with Crippen LogP contribution in [0.4, 0.5) is 5.69 Å².